The Morgan fingerprint density at radius 2 is 2.00 bits per heavy atom. The summed E-state index contributed by atoms with van der Waals surface area (Å²) in [6.07, 6.45) is 0. The van der Waals surface area contributed by atoms with E-state index in [1.54, 1.807) is 12.1 Å². The summed E-state index contributed by atoms with van der Waals surface area (Å²) in [6, 6.07) is 7.59. The van der Waals surface area contributed by atoms with Gasteiger partial charge in [0.1, 0.15) is 11.3 Å². The predicted molar refractivity (Wildman–Crippen MR) is 61.1 cm³/mol. The van der Waals surface area contributed by atoms with Crippen LogP contribution < -0.4 is 0 Å². The quantitative estimate of drug-likeness (QED) is 0.854. The van der Waals surface area contributed by atoms with E-state index in [0.717, 1.165) is 0 Å². The van der Waals surface area contributed by atoms with E-state index in [9.17, 15) is 9.90 Å². The standard InChI is InChI=1S/C11H7ClN2O3/c12-10-8(11(16)17)5-9(13-14-10)6-2-1-3-7(15)4-6/h1-5,15H,(H,16,17). The van der Waals surface area contributed by atoms with Crippen molar-refractivity contribution in [2.24, 2.45) is 0 Å². The minimum atomic E-state index is -1.17. The average molecular weight is 251 g/mol. The molecule has 2 aromatic rings. The lowest BCUT2D eigenvalue weighted by molar-refractivity contribution is 0.0696. The summed E-state index contributed by atoms with van der Waals surface area (Å²) in [5, 5.41) is 25.4. The minimum absolute atomic E-state index is 0.0659. The molecule has 86 valence electrons. The average Bonchev–Trinajstić information content (AvgIpc) is 2.29. The number of aromatic hydroxyl groups is 1. The van der Waals surface area contributed by atoms with E-state index in [1.165, 1.54) is 18.2 Å². The molecule has 0 atom stereocenters. The van der Waals surface area contributed by atoms with Crippen LogP contribution in [0.15, 0.2) is 30.3 Å². The molecule has 0 aliphatic rings. The molecule has 0 saturated carbocycles. The maximum absolute atomic E-state index is 10.9. The van der Waals surface area contributed by atoms with Gasteiger partial charge in [-0.3, -0.25) is 0 Å². The molecule has 1 aromatic heterocycles. The van der Waals surface area contributed by atoms with Crippen LogP contribution in [-0.4, -0.2) is 26.4 Å². The number of aromatic nitrogens is 2. The molecule has 0 unspecified atom stereocenters. The highest BCUT2D eigenvalue weighted by atomic mass is 35.5. The summed E-state index contributed by atoms with van der Waals surface area (Å²) >= 11 is 5.61. The van der Waals surface area contributed by atoms with Gasteiger partial charge in [0.15, 0.2) is 5.15 Å². The fourth-order valence-corrected chi connectivity index (χ4v) is 1.51. The monoisotopic (exact) mass is 250 g/mol. The first-order valence-corrected chi connectivity index (χ1v) is 5.01. The zero-order valence-electron chi connectivity index (χ0n) is 8.46. The van der Waals surface area contributed by atoms with Crippen molar-refractivity contribution in [3.8, 4) is 17.0 Å². The number of hydrogen-bond acceptors (Lipinski definition) is 4. The number of carboxylic acid groups (broad SMARTS) is 1. The second-order valence-electron chi connectivity index (χ2n) is 3.29. The number of carbonyl (C=O) groups is 1. The molecule has 1 heterocycles. The van der Waals surface area contributed by atoms with Crippen molar-refractivity contribution in [2.75, 3.05) is 0 Å². The highest BCUT2D eigenvalue weighted by Crippen LogP contribution is 2.23. The van der Waals surface area contributed by atoms with Gasteiger partial charge in [-0.1, -0.05) is 23.7 Å². The number of hydrogen-bond donors (Lipinski definition) is 2. The number of aromatic carboxylic acids is 1. The Morgan fingerprint density at radius 3 is 2.65 bits per heavy atom. The molecule has 0 radical (unpaired) electrons. The van der Waals surface area contributed by atoms with E-state index >= 15 is 0 Å². The molecule has 6 heteroatoms. The van der Waals surface area contributed by atoms with Gasteiger partial charge < -0.3 is 10.2 Å². The third-order valence-corrected chi connectivity index (χ3v) is 2.40. The molecular formula is C11H7ClN2O3. The van der Waals surface area contributed by atoms with Crippen molar-refractivity contribution in [1.82, 2.24) is 10.2 Å². The molecule has 2 N–H and O–H groups in total. The third-order valence-electron chi connectivity index (χ3n) is 2.12. The van der Waals surface area contributed by atoms with Crippen LogP contribution >= 0.6 is 11.6 Å². The predicted octanol–water partition coefficient (Wildman–Crippen LogP) is 2.20. The van der Waals surface area contributed by atoms with Crippen molar-refractivity contribution in [2.45, 2.75) is 0 Å². The largest absolute Gasteiger partial charge is 0.508 e. The summed E-state index contributed by atoms with van der Waals surface area (Å²) < 4.78 is 0. The van der Waals surface area contributed by atoms with Gasteiger partial charge in [0.2, 0.25) is 0 Å². The van der Waals surface area contributed by atoms with Gasteiger partial charge in [0.05, 0.1) is 5.69 Å². The van der Waals surface area contributed by atoms with Crippen molar-refractivity contribution >= 4 is 17.6 Å². The SMILES string of the molecule is O=C(O)c1cc(-c2cccc(O)c2)nnc1Cl. The van der Waals surface area contributed by atoms with Gasteiger partial charge in [0.25, 0.3) is 0 Å². The first-order valence-electron chi connectivity index (χ1n) is 4.64. The van der Waals surface area contributed by atoms with Crippen LogP contribution in [0.4, 0.5) is 0 Å². The van der Waals surface area contributed by atoms with Gasteiger partial charge in [0, 0.05) is 5.56 Å². The maximum atomic E-state index is 10.9. The summed E-state index contributed by atoms with van der Waals surface area (Å²) in [5.41, 5.74) is 0.777. The normalized spacial score (nSPS) is 10.2. The summed E-state index contributed by atoms with van der Waals surface area (Å²) in [5.74, 6) is -1.11. The van der Waals surface area contributed by atoms with Crippen LogP contribution in [0.25, 0.3) is 11.3 Å². The van der Waals surface area contributed by atoms with Crippen LogP contribution in [0.3, 0.4) is 0 Å². The fourth-order valence-electron chi connectivity index (χ4n) is 1.33. The number of phenols is 1. The number of carboxylic acids is 1. The van der Waals surface area contributed by atoms with Gasteiger partial charge in [-0.05, 0) is 18.2 Å². The van der Waals surface area contributed by atoms with Crippen molar-refractivity contribution in [1.29, 1.82) is 0 Å². The van der Waals surface area contributed by atoms with E-state index in [0.29, 0.717) is 11.3 Å². The molecule has 0 aliphatic carbocycles. The van der Waals surface area contributed by atoms with Crippen molar-refractivity contribution < 1.29 is 15.0 Å². The smallest absolute Gasteiger partial charge is 0.338 e. The summed E-state index contributed by atoms with van der Waals surface area (Å²) in [6.45, 7) is 0. The maximum Gasteiger partial charge on any atom is 0.338 e. The topological polar surface area (TPSA) is 83.3 Å². The molecule has 0 aliphatic heterocycles. The van der Waals surface area contributed by atoms with E-state index in [1.807, 2.05) is 0 Å². The highest BCUT2D eigenvalue weighted by Gasteiger charge is 2.13. The number of rotatable bonds is 2. The molecule has 17 heavy (non-hydrogen) atoms. The molecule has 0 amide bonds. The summed E-state index contributed by atoms with van der Waals surface area (Å²) in [7, 11) is 0. The molecule has 0 fully saturated rings. The van der Waals surface area contributed by atoms with Crippen molar-refractivity contribution in [3.63, 3.8) is 0 Å². The lowest BCUT2D eigenvalue weighted by atomic mass is 10.1. The minimum Gasteiger partial charge on any atom is -0.508 e. The molecule has 2 rings (SSSR count). The first-order chi connectivity index (χ1) is 8.08. The highest BCUT2D eigenvalue weighted by molar-refractivity contribution is 6.32. The van der Waals surface area contributed by atoms with Crippen LogP contribution in [0.1, 0.15) is 10.4 Å². The first kappa shape index (κ1) is 11.3. The zero-order valence-corrected chi connectivity index (χ0v) is 9.22. The van der Waals surface area contributed by atoms with Gasteiger partial charge in [-0.2, -0.15) is 0 Å². The third kappa shape index (κ3) is 2.34. The number of phenolic OH excluding ortho intramolecular Hbond substituents is 1. The lowest BCUT2D eigenvalue weighted by Gasteiger charge is -2.03. The molecule has 1 aromatic carbocycles. The van der Waals surface area contributed by atoms with Gasteiger partial charge in [-0.15, -0.1) is 10.2 Å². The van der Waals surface area contributed by atoms with E-state index in [2.05, 4.69) is 10.2 Å². The van der Waals surface area contributed by atoms with E-state index < -0.39 is 5.97 Å². The van der Waals surface area contributed by atoms with Crippen molar-refractivity contribution in [3.05, 3.63) is 41.0 Å². The Kier molecular flexibility index (Phi) is 2.93. The Hall–Kier alpha value is -2.14. The Bertz CT molecular complexity index is 587. The Balaban J connectivity index is 2.54. The second kappa shape index (κ2) is 4.39. The van der Waals surface area contributed by atoms with Gasteiger partial charge >= 0.3 is 5.97 Å². The number of halogens is 1. The molecule has 5 nitrogen and oxygen atoms in total. The number of nitrogens with zero attached hydrogens (tertiary/aromatic N) is 2. The summed E-state index contributed by atoms with van der Waals surface area (Å²) in [4.78, 5) is 10.9. The van der Waals surface area contributed by atoms with E-state index in [4.69, 9.17) is 16.7 Å². The van der Waals surface area contributed by atoms with Gasteiger partial charge in [-0.25, -0.2) is 4.79 Å². The van der Waals surface area contributed by atoms with Crippen LogP contribution in [-0.2, 0) is 0 Å². The van der Waals surface area contributed by atoms with Crippen LogP contribution in [0.5, 0.6) is 5.75 Å². The molecule has 0 bridgehead atoms. The molecular weight excluding hydrogens is 244 g/mol. The van der Waals surface area contributed by atoms with Crippen LogP contribution in [0.2, 0.25) is 5.15 Å². The second-order valence-corrected chi connectivity index (χ2v) is 3.65. The molecule has 0 spiro atoms. The fraction of sp³-hybridized carbons (Fsp3) is 0. The Labute approximate surface area is 101 Å². The Morgan fingerprint density at radius 1 is 1.24 bits per heavy atom. The lowest BCUT2D eigenvalue weighted by Crippen LogP contribution is -2.01. The zero-order chi connectivity index (χ0) is 12.4. The molecule has 0 saturated heterocycles. The number of benzene rings is 1. The van der Waals surface area contributed by atoms with Crippen LogP contribution in [0, 0.1) is 0 Å². The van der Waals surface area contributed by atoms with E-state index in [-0.39, 0.29) is 16.5 Å².